The molecule has 2 aliphatic heterocycles. The minimum absolute atomic E-state index is 0. The largest absolute Gasteiger partial charge is 0.368 e. The number of aromatic nitrogens is 1. The zero-order chi connectivity index (χ0) is 20.2. The van der Waals surface area contributed by atoms with Gasteiger partial charge < -0.3 is 24.8 Å². The molecule has 1 amide bonds. The second-order valence-corrected chi connectivity index (χ2v) is 7.98. The molecule has 0 saturated carbocycles. The number of piperazine rings is 1. The Morgan fingerprint density at radius 3 is 2.77 bits per heavy atom. The van der Waals surface area contributed by atoms with Gasteiger partial charge in [0.05, 0.1) is 0 Å². The number of fused-ring (bicyclic) bond motifs is 1. The molecule has 0 bridgehead atoms. The second-order valence-electron chi connectivity index (χ2n) is 7.54. The first kappa shape index (κ1) is 23.1. The highest BCUT2D eigenvalue weighted by Crippen LogP contribution is 2.22. The Morgan fingerprint density at radius 1 is 1.30 bits per heavy atom. The molecule has 7 nitrogen and oxygen atoms in total. The van der Waals surface area contributed by atoms with Crippen LogP contribution in [0.3, 0.4) is 0 Å². The highest BCUT2D eigenvalue weighted by molar-refractivity contribution is 14.0. The predicted octanol–water partition coefficient (Wildman–Crippen LogP) is 2.88. The van der Waals surface area contributed by atoms with Gasteiger partial charge in [0.2, 0.25) is 0 Å². The van der Waals surface area contributed by atoms with Crippen LogP contribution in [-0.4, -0.2) is 79.1 Å². The van der Waals surface area contributed by atoms with E-state index in [1.54, 1.807) is 7.05 Å². The van der Waals surface area contributed by atoms with Gasteiger partial charge in [-0.05, 0) is 43.0 Å². The smallest absolute Gasteiger partial charge is 0.251 e. The molecule has 2 N–H and O–H groups in total. The van der Waals surface area contributed by atoms with Crippen molar-refractivity contribution in [1.82, 2.24) is 20.1 Å². The number of nitrogens with zero attached hydrogens (tertiary/aromatic N) is 3. The summed E-state index contributed by atoms with van der Waals surface area (Å²) in [5.41, 5.74) is 2.33. The Bertz CT molecular complexity index is 889. The van der Waals surface area contributed by atoms with Crippen LogP contribution < -0.4 is 5.32 Å². The van der Waals surface area contributed by atoms with Crippen LogP contribution in [0, 0.1) is 0 Å². The van der Waals surface area contributed by atoms with E-state index >= 15 is 0 Å². The number of guanidine groups is 1. The predicted molar refractivity (Wildman–Crippen MR) is 131 cm³/mol. The van der Waals surface area contributed by atoms with Crippen LogP contribution in [0.4, 0.5) is 0 Å². The molecular formula is C21H29ClIN5O2. The molecule has 0 spiro atoms. The van der Waals surface area contributed by atoms with Crippen LogP contribution in [-0.2, 0) is 16.0 Å². The third-order valence-electron chi connectivity index (χ3n) is 5.71. The van der Waals surface area contributed by atoms with Crippen LogP contribution in [0.2, 0.25) is 5.02 Å². The van der Waals surface area contributed by atoms with Gasteiger partial charge in [0.25, 0.3) is 5.91 Å². The van der Waals surface area contributed by atoms with Gasteiger partial charge in [-0.3, -0.25) is 9.79 Å². The van der Waals surface area contributed by atoms with Crippen molar-refractivity contribution >= 4 is 58.3 Å². The number of amides is 1. The van der Waals surface area contributed by atoms with Gasteiger partial charge in [-0.15, -0.1) is 24.0 Å². The van der Waals surface area contributed by atoms with E-state index in [9.17, 15) is 4.79 Å². The topological polar surface area (TPSA) is 73.0 Å². The summed E-state index contributed by atoms with van der Waals surface area (Å²) in [7, 11) is 1.80. The fourth-order valence-electron chi connectivity index (χ4n) is 4.11. The average Bonchev–Trinajstić information content (AvgIpc) is 3.41. The third kappa shape index (κ3) is 5.20. The normalized spacial score (nSPS) is 19.8. The fourth-order valence-corrected chi connectivity index (χ4v) is 4.29. The van der Waals surface area contributed by atoms with Gasteiger partial charge in [-0.25, -0.2) is 0 Å². The Morgan fingerprint density at radius 2 is 2.07 bits per heavy atom. The molecule has 3 heterocycles. The first-order valence-electron chi connectivity index (χ1n) is 10.3. The fraction of sp³-hybridized carbons (Fsp3) is 0.524. The van der Waals surface area contributed by atoms with E-state index in [0.29, 0.717) is 19.7 Å². The summed E-state index contributed by atoms with van der Waals surface area (Å²) in [5.74, 6) is 1.02. The number of benzene rings is 1. The summed E-state index contributed by atoms with van der Waals surface area (Å²) in [4.78, 5) is 24.4. The molecule has 164 valence electrons. The van der Waals surface area contributed by atoms with Gasteiger partial charge in [-0.1, -0.05) is 11.6 Å². The summed E-state index contributed by atoms with van der Waals surface area (Å²) >= 11 is 6.14. The van der Waals surface area contributed by atoms with Gasteiger partial charge in [0.15, 0.2) is 5.96 Å². The Hall–Kier alpha value is -1.52. The number of H-pyrrole nitrogens is 1. The van der Waals surface area contributed by atoms with Gasteiger partial charge in [-0.2, -0.15) is 0 Å². The van der Waals surface area contributed by atoms with Crippen molar-refractivity contribution < 1.29 is 9.53 Å². The lowest BCUT2D eigenvalue weighted by molar-refractivity contribution is -0.142. The Balaban J connectivity index is 0.00000256. The summed E-state index contributed by atoms with van der Waals surface area (Å²) < 4.78 is 5.54. The summed E-state index contributed by atoms with van der Waals surface area (Å²) in [6.45, 7) is 4.46. The minimum atomic E-state index is -0.233. The number of rotatable bonds is 4. The number of aliphatic imine (C=N–C) groups is 1. The lowest BCUT2D eigenvalue weighted by Crippen LogP contribution is -2.55. The van der Waals surface area contributed by atoms with Crippen molar-refractivity contribution in [2.24, 2.45) is 4.99 Å². The van der Waals surface area contributed by atoms with E-state index in [1.165, 1.54) is 5.56 Å². The number of nitrogens with one attached hydrogen (secondary N) is 2. The van der Waals surface area contributed by atoms with Crippen LogP contribution in [0.1, 0.15) is 18.4 Å². The van der Waals surface area contributed by atoms with E-state index in [1.807, 2.05) is 29.3 Å². The van der Waals surface area contributed by atoms with Crippen molar-refractivity contribution in [3.63, 3.8) is 0 Å². The van der Waals surface area contributed by atoms with Crippen molar-refractivity contribution in [3.8, 4) is 0 Å². The number of hydrogen-bond donors (Lipinski definition) is 2. The number of carbonyl (C=O) groups excluding carboxylic acids is 1. The standard InChI is InChI=1S/C21H28ClN5O2.HI/c1-23-21(24-7-6-15-14-25-18-5-4-16(22)13-17(15)18)27-10-8-26(9-11-27)20(28)19-3-2-12-29-19;/h4-5,13-14,19,25H,2-3,6-12H2,1H3,(H,23,24);1H. The van der Waals surface area contributed by atoms with E-state index in [0.717, 1.165) is 60.8 Å². The molecule has 2 saturated heterocycles. The highest BCUT2D eigenvalue weighted by Gasteiger charge is 2.30. The van der Waals surface area contributed by atoms with Gasteiger partial charge in [0.1, 0.15) is 6.10 Å². The molecule has 0 radical (unpaired) electrons. The molecule has 1 aromatic heterocycles. The lowest BCUT2D eigenvalue weighted by Gasteiger charge is -2.37. The molecule has 9 heteroatoms. The van der Waals surface area contributed by atoms with Crippen molar-refractivity contribution in [1.29, 1.82) is 0 Å². The number of halogens is 2. The maximum Gasteiger partial charge on any atom is 0.251 e. The van der Waals surface area contributed by atoms with Crippen molar-refractivity contribution in [2.75, 3.05) is 46.4 Å². The lowest BCUT2D eigenvalue weighted by atomic mass is 10.1. The summed E-state index contributed by atoms with van der Waals surface area (Å²) in [5, 5.41) is 5.37. The molecule has 0 aliphatic carbocycles. The molecule has 4 rings (SSSR count). The molecule has 1 aromatic carbocycles. The number of hydrogen-bond acceptors (Lipinski definition) is 3. The van der Waals surface area contributed by atoms with Gasteiger partial charge >= 0.3 is 0 Å². The zero-order valence-electron chi connectivity index (χ0n) is 17.2. The van der Waals surface area contributed by atoms with E-state index < -0.39 is 0 Å². The maximum atomic E-state index is 12.5. The zero-order valence-corrected chi connectivity index (χ0v) is 20.3. The SMILES string of the molecule is CN=C(NCCc1c[nH]c2ccc(Cl)cc12)N1CCN(C(=O)C2CCCO2)CC1.I. The highest BCUT2D eigenvalue weighted by atomic mass is 127. The first-order chi connectivity index (χ1) is 14.2. The van der Waals surface area contributed by atoms with Crippen LogP contribution in [0.5, 0.6) is 0 Å². The van der Waals surface area contributed by atoms with E-state index in [4.69, 9.17) is 16.3 Å². The van der Waals surface area contributed by atoms with E-state index in [2.05, 4.69) is 20.2 Å². The van der Waals surface area contributed by atoms with Crippen LogP contribution in [0.15, 0.2) is 29.4 Å². The van der Waals surface area contributed by atoms with Crippen molar-refractivity contribution in [3.05, 3.63) is 35.0 Å². The molecular weight excluding hydrogens is 517 g/mol. The summed E-state index contributed by atoms with van der Waals surface area (Å²) in [6, 6.07) is 5.90. The third-order valence-corrected chi connectivity index (χ3v) is 5.95. The molecule has 2 aromatic rings. The number of carbonyl (C=O) groups is 1. The summed E-state index contributed by atoms with van der Waals surface area (Å²) in [6.07, 6.45) is 4.51. The van der Waals surface area contributed by atoms with Gasteiger partial charge in [0, 0.05) is 68.5 Å². The maximum absolute atomic E-state index is 12.5. The van der Waals surface area contributed by atoms with E-state index in [-0.39, 0.29) is 36.0 Å². The number of aromatic amines is 1. The number of ether oxygens (including phenoxy) is 1. The first-order valence-corrected chi connectivity index (χ1v) is 10.6. The van der Waals surface area contributed by atoms with Crippen LogP contribution in [0.25, 0.3) is 10.9 Å². The molecule has 2 fully saturated rings. The van der Waals surface area contributed by atoms with Crippen LogP contribution >= 0.6 is 35.6 Å². The molecule has 2 aliphatic rings. The molecule has 30 heavy (non-hydrogen) atoms. The second kappa shape index (κ2) is 10.7. The molecule has 1 unspecified atom stereocenters. The monoisotopic (exact) mass is 545 g/mol. The quantitative estimate of drug-likeness (QED) is 0.352. The Labute approximate surface area is 199 Å². The molecule has 1 atom stereocenters. The Kier molecular flexibility index (Phi) is 8.24. The minimum Gasteiger partial charge on any atom is -0.368 e. The average molecular weight is 546 g/mol. The van der Waals surface area contributed by atoms with Crippen molar-refractivity contribution in [2.45, 2.75) is 25.4 Å².